The smallest absolute Gasteiger partial charge is 0.278 e. The van der Waals surface area contributed by atoms with E-state index < -0.39 is 40.0 Å². The molecule has 0 bridgehead atoms. The molecule has 0 radical (unpaired) electrons. The Bertz CT molecular complexity index is 1870. The molecule has 1 N–H and O–H groups in total. The second kappa shape index (κ2) is 11.8. The molecule has 216 valence electrons. The number of rotatable bonds is 6. The van der Waals surface area contributed by atoms with Gasteiger partial charge in [0.2, 0.25) is 5.91 Å². The molecule has 0 aromatic carbocycles. The summed E-state index contributed by atoms with van der Waals surface area (Å²) < 4.78 is 51.1. The third-order valence-electron chi connectivity index (χ3n) is 6.48. The van der Waals surface area contributed by atoms with Crippen LogP contribution in [-0.2, 0) is 23.3 Å². The molecular weight excluding hydrogens is 566 g/mol. The van der Waals surface area contributed by atoms with Crippen LogP contribution in [-0.4, -0.2) is 30.4 Å². The molecule has 12 heteroatoms. The fourth-order valence-corrected chi connectivity index (χ4v) is 4.73. The van der Waals surface area contributed by atoms with Crippen molar-refractivity contribution >= 4 is 23.6 Å². The lowest BCUT2D eigenvalue weighted by atomic mass is 10.0. The van der Waals surface area contributed by atoms with Gasteiger partial charge in [0.05, 0.1) is 37.2 Å². The Morgan fingerprint density at radius 2 is 2.00 bits per heavy atom. The minimum Gasteiger partial charge on any atom is -0.485 e. The molecule has 4 aromatic heterocycles. The third kappa shape index (κ3) is 6.06. The van der Waals surface area contributed by atoms with Gasteiger partial charge in [-0.15, -0.1) is 0 Å². The van der Waals surface area contributed by atoms with Crippen LogP contribution in [0.25, 0.3) is 23.2 Å². The lowest BCUT2D eigenvalue weighted by Crippen LogP contribution is -2.41. The average molecular weight is 595 g/mol. The normalized spacial score (nSPS) is 14.7. The molecule has 9 nitrogen and oxygen atoms in total. The molecule has 1 amide bonds. The number of halogens is 3. The number of amides is 1. The van der Waals surface area contributed by atoms with Crippen molar-refractivity contribution in [1.29, 1.82) is 0 Å². The highest BCUT2D eigenvalue weighted by atomic mass is 35.5. The van der Waals surface area contributed by atoms with Gasteiger partial charge in [0.15, 0.2) is 11.6 Å². The predicted molar refractivity (Wildman–Crippen MR) is 153 cm³/mol. The molecule has 1 aliphatic rings. The van der Waals surface area contributed by atoms with Gasteiger partial charge in [-0.3, -0.25) is 24.1 Å². The summed E-state index contributed by atoms with van der Waals surface area (Å²) in [5.74, 6) is -2.47. The van der Waals surface area contributed by atoms with Crippen LogP contribution in [0.15, 0.2) is 53.7 Å². The van der Waals surface area contributed by atoms with Crippen LogP contribution >= 0.6 is 11.6 Å². The maximum Gasteiger partial charge on any atom is 0.278 e. The van der Waals surface area contributed by atoms with E-state index in [2.05, 4.69) is 25.3 Å². The van der Waals surface area contributed by atoms with Gasteiger partial charge in [0.25, 0.3) is 5.56 Å². The number of aromatic nitrogens is 5. The molecule has 0 fully saturated rings. The summed E-state index contributed by atoms with van der Waals surface area (Å²) in [6.45, 7) is 2.07. The van der Waals surface area contributed by atoms with Crippen molar-refractivity contribution < 1.29 is 21.1 Å². The van der Waals surface area contributed by atoms with Gasteiger partial charge in [-0.05, 0) is 56.9 Å². The van der Waals surface area contributed by atoms with Gasteiger partial charge in [-0.2, -0.15) is 0 Å². The van der Waals surface area contributed by atoms with Crippen molar-refractivity contribution in [2.45, 2.75) is 52.1 Å². The van der Waals surface area contributed by atoms with E-state index >= 15 is 0 Å². The van der Waals surface area contributed by atoms with Crippen molar-refractivity contribution in [3.05, 3.63) is 98.7 Å². The van der Waals surface area contributed by atoms with E-state index in [1.807, 2.05) is 6.08 Å². The molecule has 5 heterocycles. The number of aryl methyl sites for hydroxylation is 1. The van der Waals surface area contributed by atoms with Crippen LogP contribution in [0, 0.1) is 11.6 Å². The van der Waals surface area contributed by atoms with Gasteiger partial charge in [0.1, 0.15) is 28.8 Å². The molecule has 4 aromatic rings. The Morgan fingerprint density at radius 3 is 2.76 bits per heavy atom. The first kappa shape index (κ1) is 26.4. The zero-order valence-electron chi connectivity index (χ0n) is 24.9. The largest absolute Gasteiger partial charge is 0.485 e. The highest BCUT2D eigenvalue weighted by Crippen LogP contribution is 2.30. The van der Waals surface area contributed by atoms with Gasteiger partial charge in [-0.25, -0.2) is 18.7 Å². The number of pyridine rings is 3. The topological polar surface area (TPSA) is 112 Å². The van der Waals surface area contributed by atoms with Gasteiger partial charge in [0, 0.05) is 31.5 Å². The Kier molecular flexibility index (Phi) is 7.40. The number of ether oxygens (including phenoxy) is 1. The first-order valence-electron chi connectivity index (χ1n) is 14.0. The number of allylic oxidation sites excluding steroid dienone is 1. The quantitative estimate of drug-likeness (QED) is 0.322. The van der Waals surface area contributed by atoms with Crippen LogP contribution in [0.5, 0.6) is 5.75 Å². The first-order chi connectivity index (χ1) is 20.8. The molecule has 0 spiro atoms. The molecule has 0 aliphatic carbocycles. The number of nitrogens with zero attached hydrogens (tertiary/aromatic N) is 5. The highest BCUT2D eigenvalue weighted by molar-refractivity contribution is 6.31. The maximum atomic E-state index is 14.4. The van der Waals surface area contributed by atoms with Crippen LogP contribution in [0.3, 0.4) is 0 Å². The predicted octanol–water partition coefficient (Wildman–Crippen LogP) is 5.32. The standard InChI is InChI=1S/C30H27ClF2N6O3/c1-17(40)38-30(2,3)29-34-10-9-22(37-29)23-13-25-18(14-35-23)7-5-4-6-8-20-12-26(27(31)28(41)39(20)25)42-16-24-21(33)11-19(32)15-36-24/h6,8-15H,4-5,7,16H2,1-3H3,(H,38,40)/b8-6+/i16D2. The zero-order chi connectivity index (χ0) is 31.8. The number of hydrogen-bond acceptors (Lipinski definition) is 7. The summed E-state index contributed by atoms with van der Waals surface area (Å²) in [5, 5.41) is 2.36. The Labute approximate surface area is 248 Å². The van der Waals surface area contributed by atoms with Crippen molar-refractivity contribution in [2.75, 3.05) is 0 Å². The van der Waals surface area contributed by atoms with Crippen LogP contribution < -0.4 is 15.6 Å². The summed E-state index contributed by atoms with van der Waals surface area (Å²) in [6.07, 6.45) is 9.45. The van der Waals surface area contributed by atoms with Crippen LogP contribution in [0.1, 0.15) is 59.1 Å². The third-order valence-corrected chi connectivity index (χ3v) is 6.83. The highest BCUT2D eigenvalue weighted by Gasteiger charge is 2.26. The van der Waals surface area contributed by atoms with Crippen molar-refractivity contribution in [1.82, 2.24) is 29.8 Å². The van der Waals surface area contributed by atoms with Crippen molar-refractivity contribution in [2.24, 2.45) is 0 Å². The van der Waals surface area contributed by atoms with Gasteiger partial charge in [-0.1, -0.05) is 17.7 Å². The molecule has 0 saturated carbocycles. The second-order valence-electron chi connectivity index (χ2n) is 10.1. The maximum absolute atomic E-state index is 14.4. The molecule has 1 aliphatic heterocycles. The Hall–Kier alpha value is -4.51. The average Bonchev–Trinajstić information content (AvgIpc) is 3.03. The first-order valence-corrected chi connectivity index (χ1v) is 13.4. The monoisotopic (exact) mass is 594 g/mol. The van der Waals surface area contributed by atoms with Crippen molar-refractivity contribution in [3.63, 3.8) is 0 Å². The summed E-state index contributed by atoms with van der Waals surface area (Å²) in [4.78, 5) is 42.6. The van der Waals surface area contributed by atoms with E-state index in [1.165, 1.54) is 17.6 Å². The number of hydrogen-bond donors (Lipinski definition) is 1. The van der Waals surface area contributed by atoms with Gasteiger partial charge >= 0.3 is 0 Å². The molecule has 0 unspecified atom stereocenters. The minimum atomic E-state index is -2.89. The second-order valence-corrected chi connectivity index (χ2v) is 10.5. The van der Waals surface area contributed by atoms with E-state index in [1.54, 1.807) is 44.4 Å². The summed E-state index contributed by atoms with van der Waals surface area (Å²) in [6, 6.07) is 5.21. The summed E-state index contributed by atoms with van der Waals surface area (Å²) in [7, 11) is 0. The lowest BCUT2D eigenvalue weighted by molar-refractivity contribution is -0.120. The van der Waals surface area contributed by atoms with E-state index in [0.29, 0.717) is 53.7 Å². The fraction of sp³-hybridized carbons (Fsp3) is 0.267. The van der Waals surface area contributed by atoms with E-state index in [0.717, 1.165) is 12.0 Å². The Balaban J connectivity index is 1.62. The van der Waals surface area contributed by atoms with E-state index in [-0.39, 0.29) is 11.7 Å². The Morgan fingerprint density at radius 1 is 1.19 bits per heavy atom. The lowest BCUT2D eigenvalue weighted by Gasteiger charge is -2.24. The number of carbonyl (C=O) groups is 1. The van der Waals surface area contributed by atoms with Crippen LogP contribution in [0.4, 0.5) is 8.78 Å². The molecule has 42 heavy (non-hydrogen) atoms. The van der Waals surface area contributed by atoms with E-state index in [9.17, 15) is 18.4 Å². The molecule has 0 atom stereocenters. The molecular formula is C30H27ClF2N6O3. The van der Waals surface area contributed by atoms with Crippen molar-refractivity contribution in [3.8, 4) is 22.8 Å². The number of fused-ring (bicyclic) bond motifs is 3. The fourth-order valence-electron chi connectivity index (χ4n) is 4.55. The minimum absolute atomic E-state index is 0.240. The SMILES string of the molecule is [2H]C([2H])(Oc1cc2n(c(=O)c1Cl)-c1cc(-c3ccnc(C(C)(C)NC(C)=O)n3)ncc1CCC/C=C/2)c1ncc(F)cc1F. The van der Waals surface area contributed by atoms with Crippen LogP contribution in [0.2, 0.25) is 5.02 Å². The summed E-state index contributed by atoms with van der Waals surface area (Å²) in [5.41, 5.74) is 0.0413. The molecule has 5 rings (SSSR count). The zero-order valence-corrected chi connectivity index (χ0v) is 23.7. The summed E-state index contributed by atoms with van der Waals surface area (Å²) >= 11 is 6.47. The van der Waals surface area contributed by atoms with E-state index in [4.69, 9.17) is 19.1 Å². The molecule has 0 saturated heterocycles. The number of carbonyl (C=O) groups excluding carboxylic acids is 1. The number of nitrogens with one attached hydrogen (secondary N) is 1. The van der Waals surface area contributed by atoms with Gasteiger partial charge < -0.3 is 10.1 Å².